The minimum absolute atomic E-state index is 0.0646. The van der Waals surface area contributed by atoms with E-state index in [0.717, 1.165) is 44.2 Å². The molecule has 1 heterocycles. The number of carbonyl (C=O) groups is 3. The van der Waals surface area contributed by atoms with Gasteiger partial charge in [0.25, 0.3) is 5.91 Å². The number of ether oxygens (including phenoxy) is 1. The summed E-state index contributed by atoms with van der Waals surface area (Å²) in [5.74, 6) is 3.04. The van der Waals surface area contributed by atoms with Gasteiger partial charge in [0.15, 0.2) is 12.4 Å². The summed E-state index contributed by atoms with van der Waals surface area (Å²) >= 11 is 1.62. The predicted molar refractivity (Wildman–Crippen MR) is 189 cm³/mol. The second-order valence-corrected chi connectivity index (χ2v) is 15.0. The maximum atomic E-state index is 12.8. The summed E-state index contributed by atoms with van der Waals surface area (Å²) < 4.78 is 5.70. The molecule has 2 aromatic rings. The van der Waals surface area contributed by atoms with Crippen molar-refractivity contribution in [3.05, 3.63) is 46.8 Å². The van der Waals surface area contributed by atoms with E-state index in [4.69, 9.17) is 9.84 Å². The van der Waals surface area contributed by atoms with Gasteiger partial charge in [-0.2, -0.15) is 0 Å². The molecular weight excluding hydrogens is 596 g/mol. The summed E-state index contributed by atoms with van der Waals surface area (Å²) in [7, 11) is 0. The fourth-order valence-corrected chi connectivity index (χ4v) is 8.41. The van der Waals surface area contributed by atoms with Crippen LogP contribution in [-0.4, -0.2) is 49.0 Å². The van der Waals surface area contributed by atoms with Crippen LogP contribution in [0.1, 0.15) is 109 Å². The first-order valence-electron chi connectivity index (χ1n) is 17.1. The molecule has 1 aromatic carbocycles. The first-order chi connectivity index (χ1) is 21.9. The fourth-order valence-electron chi connectivity index (χ4n) is 7.21. The molecule has 7 nitrogen and oxygen atoms in total. The van der Waals surface area contributed by atoms with E-state index < -0.39 is 0 Å². The van der Waals surface area contributed by atoms with Crippen molar-refractivity contribution in [2.45, 2.75) is 93.4 Å². The lowest BCUT2D eigenvalue weighted by atomic mass is 9.58. The molecule has 2 saturated carbocycles. The number of aliphatic hydroxyl groups is 1. The predicted octanol–water partition coefficient (Wildman–Crippen LogP) is 7.92. The van der Waals surface area contributed by atoms with Crippen LogP contribution in [0.2, 0.25) is 0 Å². The minimum atomic E-state index is -0.188. The van der Waals surface area contributed by atoms with Crippen molar-refractivity contribution in [1.29, 1.82) is 0 Å². The van der Waals surface area contributed by atoms with Crippen LogP contribution in [0.25, 0.3) is 16.0 Å². The van der Waals surface area contributed by atoms with Crippen LogP contribution in [0.3, 0.4) is 0 Å². The molecule has 0 aliphatic heterocycles. The van der Waals surface area contributed by atoms with Crippen LogP contribution >= 0.6 is 11.3 Å². The smallest absolute Gasteiger partial charge is 0.257 e. The van der Waals surface area contributed by atoms with Crippen molar-refractivity contribution in [2.24, 2.45) is 29.1 Å². The van der Waals surface area contributed by atoms with Gasteiger partial charge in [0.05, 0.1) is 0 Å². The molecule has 46 heavy (non-hydrogen) atoms. The van der Waals surface area contributed by atoms with Gasteiger partial charge in [0.1, 0.15) is 5.75 Å². The molecule has 1 aromatic heterocycles. The first-order valence-corrected chi connectivity index (χ1v) is 17.9. The molecule has 3 N–H and O–H groups in total. The zero-order valence-electron chi connectivity index (χ0n) is 29.0. The summed E-state index contributed by atoms with van der Waals surface area (Å²) in [5, 5.41) is 13.5. The van der Waals surface area contributed by atoms with Crippen LogP contribution < -0.4 is 15.4 Å². The zero-order valence-corrected chi connectivity index (χ0v) is 29.9. The Morgan fingerprint density at radius 2 is 1.63 bits per heavy atom. The van der Waals surface area contributed by atoms with Gasteiger partial charge < -0.3 is 20.5 Å². The van der Waals surface area contributed by atoms with E-state index in [1.807, 2.05) is 64.1 Å². The van der Waals surface area contributed by atoms with Gasteiger partial charge in [-0.25, -0.2) is 0 Å². The molecule has 8 heteroatoms. The second kappa shape index (κ2) is 17.8. The Labute approximate surface area is 280 Å². The van der Waals surface area contributed by atoms with Gasteiger partial charge in [-0.05, 0) is 124 Å². The number of Topliss-reactive ketones (excluding diaryl/α,β-unsaturated/α-hetero) is 1. The molecule has 2 amide bonds. The highest BCUT2D eigenvalue weighted by Gasteiger charge is 2.41. The third-order valence-electron chi connectivity index (χ3n) is 9.11. The molecule has 2 atom stereocenters. The van der Waals surface area contributed by atoms with Crippen molar-refractivity contribution in [3.8, 4) is 16.2 Å². The molecule has 2 unspecified atom stereocenters. The van der Waals surface area contributed by atoms with Gasteiger partial charge in [-0.15, -0.1) is 11.3 Å². The third-order valence-corrected chi connectivity index (χ3v) is 10.4. The first kappa shape index (κ1) is 37.5. The Bertz CT molecular complexity index is 1310. The average Bonchev–Trinajstić information content (AvgIpc) is 3.44. The Balaban J connectivity index is 0.00000185. The number of rotatable bonds is 13. The summed E-state index contributed by atoms with van der Waals surface area (Å²) in [6.45, 7) is 15.5. The van der Waals surface area contributed by atoms with E-state index in [1.54, 1.807) is 18.3 Å². The van der Waals surface area contributed by atoms with Crippen molar-refractivity contribution < 1.29 is 24.2 Å². The topological polar surface area (TPSA) is 105 Å². The van der Waals surface area contributed by atoms with Gasteiger partial charge in [-0.1, -0.05) is 33.8 Å². The van der Waals surface area contributed by atoms with E-state index in [2.05, 4.69) is 24.5 Å². The SMILES string of the molecule is C/C=C(/C)c1sc(-c2ccc(OCC(=O)NCCCNC(=O)CC3(C)CC4CC(C)CC(C4)C3)cc2)cc1C(=O)C(C)C.CCO. The number of allylic oxidation sites excluding steroid dienone is 2. The van der Waals surface area contributed by atoms with Gasteiger partial charge in [0, 0.05) is 47.4 Å². The second-order valence-electron chi connectivity index (χ2n) is 14.0. The van der Waals surface area contributed by atoms with Crippen molar-refractivity contribution >= 4 is 34.5 Å². The molecule has 254 valence electrons. The Morgan fingerprint density at radius 1 is 1.04 bits per heavy atom. The van der Waals surface area contributed by atoms with E-state index >= 15 is 0 Å². The Morgan fingerprint density at radius 3 is 2.20 bits per heavy atom. The number of benzene rings is 1. The summed E-state index contributed by atoms with van der Waals surface area (Å²) in [5.41, 5.74) is 3.00. The standard InChI is InChI=1S/C36H50N2O4S.C2H6O/c1-7-25(5)35-30(34(41)23(2)3)18-31(43-35)28-9-11-29(12-10-28)42-22-33(40)38-14-8-13-37-32(39)21-36(6)19-26-15-24(4)16-27(17-26)20-36;1-2-3/h7,9-12,18,23-24,26-27H,8,13-17,19-22H2,1-6H3,(H,37,39)(H,38,40);3H,2H2,1H3/b25-7-;. The molecule has 2 bridgehead atoms. The molecule has 0 radical (unpaired) electrons. The van der Waals surface area contributed by atoms with Crippen LogP contribution in [0.5, 0.6) is 5.75 Å². The van der Waals surface area contributed by atoms with Crippen molar-refractivity contribution in [2.75, 3.05) is 26.3 Å². The van der Waals surface area contributed by atoms with Crippen LogP contribution in [0, 0.1) is 29.1 Å². The fraction of sp³-hybridized carbons (Fsp3) is 0.605. The normalized spacial score (nSPS) is 22.5. The monoisotopic (exact) mass is 652 g/mol. The number of aliphatic hydroxyl groups excluding tert-OH is 1. The van der Waals surface area contributed by atoms with Crippen LogP contribution in [0.15, 0.2) is 36.4 Å². The molecule has 2 fully saturated rings. The number of fused-ring (bicyclic) bond motifs is 2. The van der Waals surface area contributed by atoms with E-state index in [9.17, 15) is 14.4 Å². The molecular formula is C38H56N2O5S. The third kappa shape index (κ3) is 11.1. The lowest BCUT2D eigenvalue weighted by molar-refractivity contribution is -0.124. The zero-order chi connectivity index (χ0) is 33.9. The number of thiophene rings is 1. The quantitative estimate of drug-likeness (QED) is 0.151. The number of ketones is 1. The van der Waals surface area contributed by atoms with E-state index in [1.165, 1.54) is 32.1 Å². The van der Waals surface area contributed by atoms with Crippen LogP contribution in [-0.2, 0) is 9.59 Å². The highest BCUT2D eigenvalue weighted by Crippen LogP contribution is 2.51. The van der Waals surface area contributed by atoms with Gasteiger partial charge in [-0.3, -0.25) is 14.4 Å². The maximum Gasteiger partial charge on any atom is 0.257 e. The highest BCUT2D eigenvalue weighted by molar-refractivity contribution is 7.17. The molecule has 4 rings (SSSR count). The number of amides is 2. The summed E-state index contributed by atoms with van der Waals surface area (Å²) in [4.78, 5) is 39.8. The molecule has 2 aliphatic carbocycles. The van der Waals surface area contributed by atoms with Crippen molar-refractivity contribution in [3.63, 3.8) is 0 Å². The van der Waals surface area contributed by atoms with Gasteiger partial charge in [0.2, 0.25) is 5.91 Å². The highest BCUT2D eigenvalue weighted by atomic mass is 32.1. The summed E-state index contributed by atoms with van der Waals surface area (Å²) in [6.07, 6.45) is 9.65. The lowest BCUT2D eigenvalue weighted by Gasteiger charge is -2.47. The summed E-state index contributed by atoms with van der Waals surface area (Å²) in [6, 6.07) is 9.61. The largest absolute Gasteiger partial charge is 0.484 e. The van der Waals surface area contributed by atoms with E-state index in [0.29, 0.717) is 31.7 Å². The van der Waals surface area contributed by atoms with E-state index in [-0.39, 0.29) is 42.1 Å². The minimum Gasteiger partial charge on any atom is -0.484 e. The van der Waals surface area contributed by atoms with Crippen molar-refractivity contribution in [1.82, 2.24) is 10.6 Å². The molecule has 0 spiro atoms. The Hall–Kier alpha value is -2.97. The maximum absolute atomic E-state index is 12.8. The molecule has 0 saturated heterocycles. The number of nitrogens with one attached hydrogen (secondary N) is 2. The number of carbonyl (C=O) groups excluding carboxylic acids is 3. The van der Waals surface area contributed by atoms with Crippen LogP contribution in [0.4, 0.5) is 0 Å². The lowest BCUT2D eigenvalue weighted by Crippen LogP contribution is -2.40. The van der Waals surface area contributed by atoms with Gasteiger partial charge >= 0.3 is 0 Å². The number of hydrogen-bond donors (Lipinski definition) is 3. The Kier molecular flexibility index (Phi) is 14.5. The molecule has 2 aliphatic rings. The number of hydrogen-bond acceptors (Lipinski definition) is 6. The average molecular weight is 653 g/mol.